The third-order valence-electron chi connectivity index (χ3n) is 4.55. The van der Waals surface area contributed by atoms with E-state index >= 15 is 0 Å². The van der Waals surface area contributed by atoms with Gasteiger partial charge in [-0.2, -0.15) is 0 Å². The molecule has 0 saturated carbocycles. The Kier molecular flexibility index (Phi) is 4.76. The highest BCUT2D eigenvalue weighted by molar-refractivity contribution is 7.17. The minimum Gasteiger partial charge on any atom is -0.369 e. The summed E-state index contributed by atoms with van der Waals surface area (Å²) < 4.78 is 1.75. The summed E-state index contributed by atoms with van der Waals surface area (Å²) in [5.41, 5.74) is 6.88. The molecule has 0 unspecified atom stereocenters. The van der Waals surface area contributed by atoms with Gasteiger partial charge in [-0.25, -0.2) is 9.50 Å². The lowest BCUT2D eigenvalue weighted by Gasteiger charge is -2.15. The number of aromatic nitrogens is 3. The van der Waals surface area contributed by atoms with E-state index in [0.29, 0.717) is 11.3 Å². The quantitative estimate of drug-likeness (QED) is 0.606. The number of likely N-dealkylation sites (tertiary alicyclic amines) is 1. The fourth-order valence-corrected chi connectivity index (χ4v) is 4.02. The van der Waals surface area contributed by atoms with Crippen LogP contribution in [0.4, 0.5) is 5.82 Å². The van der Waals surface area contributed by atoms with Gasteiger partial charge in [-0.1, -0.05) is 0 Å². The van der Waals surface area contributed by atoms with Crippen molar-refractivity contribution in [1.29, 1.82) is 0 Å². The first kappa shape index (κ1) is 17.5. The molecule has 8 nitrogen and oxygen atoms in total. The number of hydrogen-bond acceptors (Lipinski definition) is 6. The first-order valence-corrected chi connectivity index (χ1v) is 9.70. The van der Waals surface area contributed by atoms with Crippen molar-refractivity contribution in [2.75, 3.05) is 25.0 Å². The molecule has 0 radical (unpaired) electrons. The topological polar surface area (TPSA) is 106 Å². The van der Waals surface area contributed by atoms with E-state index in [4.69, 9.17) is 5.73 Å². The monoisotopic (exact) mass is 384 g/mol. The Bertz CT molecular complexity index is 995. The van der Waals surface area contributed by atoms with Crippen LogP contribution in [0, 0.1) is 0 Å². The highest BCUT2D eigenvalue weighted by atomic mass is 32.1. The number of imidazole rings is 1. The Labute approximate surface area is 160 Å². The van der Waals surface area contributed by atoms with Gasteiger partial charge in [-0.15, -0.1) is 16.4 Å². The Balaban J connectivity index is 1.45. The van der Waals surface area contributed by atoms with Crippen molar-refractivity contribution in [3.8, 4) is 10.6 Å². The van der Waals surface area contributed by atoms with Crippen molar-refractivity contribution in [2.45, 2.75) is 19.3 Å². The van der Waals surface area contributed by atoms with Gasteiger partial charge in [-0.05, 0) is 37.1 Å². The second kappa shape index (κ2) is 7.36. The van der Waals surface area contributed by atoms with Crippen LogP contribution < -0.4 is 11.1 Å². The molecule has 0 atom stereocenters. The average Bonchev–Trinajstić information content (AvgIpc) is 3.38. The van der Waals surface area contributed by atoms with Gasteiger partial charge in [0.05, 0.1) is 16.0 Å². The molecule has 0 aliphatic carbocycles. The Morgan fingerprint density at radius 2 is 2.19 bits per heavy atom. The highest BCUT2D eigenvalue weighted by Crippen LogP contribution is 2.28. The summed E-state index contributed by atoms with van der Waals surface area (Å²) in [6, 6.07) is 7.34. The van der Waals surface area contributed by atoms with E-state index in [1.165, 1.54) is 11.3 Å². The molecular weight excluding hydrogens is 364 g/mol. The molecule has 0 spiro atoms. The van der Waals surface area contributed by atoms with Gasteiger partial charge in [-0.3, -0.25) is 9.59 Å². The van der Waals surface area contributed by atoms with Crippen LogP contribution in [0.25, 0.3) is 16.2 Å². The van der Waals surface area contributed by atoms with Crippen molar-refractivity contribution in [3.63, 3.8) is 0 Å². The van der Waals surface area contributed by atoms with E-state index in [2.05, 4.69) is 15.4 Å². The Morgan fingerprint density at radius 1 is 1.30 bits per heavy atom. The standard InChI is InChI=1S/C18H20N6O2S/c19-18(26)14-5-4-13(27-14)12-11-21-16-7-6-15(22-24(12)16)20-8-2-10-23-9-1-3-17(23)25/h4-7,11H,1-3,8-10H2,(H2,19,26)(H,20,22). The summed E-state index contributed by atoms with van der Waals surface area (Å²) in [6.07, 6.45) is 4.25. The summed E-state index contributed by atoms with van der Waals surface area (Å²) in [4.78, 5) is 30.6. The van der Waals surface area contributed by atoms with Crippen molar-refractivity contribution in [1.82, 2.24) is 19.5 Å². The SMILES string of the molecule is NC(=O)c1ccc(-c2cnc3ccc(NCCCN4CCCC4=O)nn23)s1. The maximum Gasteiger partial charge on any atom is 0.258 e. The van der Waals surface area contributed by atoms with Crippen LogP contribution in [0.3, 0.4) is 0 Å². The van der Waals surface area contributed by atoms with Crippen LogP contribution in [0.5, 0.6) is 0 Å². The van der Waals surface area contributed by atoms with Gasteiger partial charge < -0.3 is 16.0 Å². The number of carbonyl (C=O) groups is 2. The zero-order valence-electron chi connectivity index (χ0n) is 14.7. The molecule has 2 amide bonds. The highest BCUT2D eigenvalue weighted by Gasteiger charge is 2.19. The minimum absolute atomic E-state index is 0.254. The molecule has 1 fully saturated rings. The lowest BCUT2D eigenvalue weighted by atomic mass is 10.3. The van der Waals surface area contributed by atoms with Gasteiger partial charge in [0, 0.05) is 26.1 Å². The van der Waals surface area contributed by atoms with Gasteiger partial charge >= 0.3 is 0 Å². The molecule has 3 aromatic heterocycles. The van der Waals surface area contributed by atoms with E-state index in [0.717, 1.165) is 54.5 Å². The third kappa shape index (κ3) is 3.63. The molecule has 27 heavy (non-hydrogen) atoms. The van der Waals surface area contributed by atoms with Crippen molar-refractivity contribution in [2.24, 2.45) is 5.73 Å². The van der Waals surface area contributed by atoms with E-state index in [-0.39, 0.29) is 5.91 Å². The largest absolute Gasteiger partial charge is 0.369 e. The van der Waals surface area contributed by atoms with Crippen LogP contribution in [-0.2, 0) is 4.79 Å². The van der Waals surface area contributed by atoms with Gasteiger partial charge in [0.1, 0.15) is 11.5 Å². The van der Waals surface area contributed by atoms with Crippen molar-refractivity contribution >= 4 is 34.6 Å². The van der Waals surface area contributed by atoms with E-state index in [1.807, 2.05) is 23.1 Å². The number of thiophene rings is 1. The van der Waals surface area contributed by atoms with Crippen molar-refractivity contribution in [3.05, 3.63) is 35.3 Å². The number of anilines is 1. The Hall–Kier alpha value is -2.94. The molecule has 3 N–H and O–H groups in total. The van der Waals surface area contributed by atoms with Gasteiger partial charge in [0.25, 0.3) is 5.91 Å². The number of primary amides is 1. The molecule has 0 bridgehead atoms. The molecule has 9 heteroatoms. The number of amides is 2. The zero-order chi connectivity index (χ0) is 18.8. The van der Waals surface area contributed by atoms with E-state index in [1.54, 1.807) is 16.8 Å². The predicted octanol–water partition coefficient (Wildman–Crippen LogP) is 1.98. The summed E-state index contributed by atoms with van der Waals surface area (Å²) in [6.45, 7) is 2.38. The first-order chi connectivity index (χ1) is 13.1. The molecule has 140 valence electrons. The smallest absolute Gasteiger partial charge is 0.258 e. The number of fused-ring (bicyclic) bond motifs is 1. The van der Waals surface area contributed by atoms with Gasteiger partial charge in [0.15, 0.2) is 5.65 Å². The number of nitrogens with two attached hydrogens (primary N) is 1. The number of nitrogens with one attached hydrogen (secondary N) is 1. The molecule has 4 rings (SSSR count). The van der Waals surface area contributed by atoms with Crippen LogP contribution in [0.1, 0.15) is 28.9 Å². The number of nitrogens with zero attached hydrogens (tertiary/aromatic N) is 4. The minimum atomic E-state index is -0.438. The van der Waals surface area contributed by atoms with Crippen molar-refractivity contribution < 1.29 is 9.59 Å². The summed E-state index contributed by atoms with van der Waals surface area (Å²) in [5, 5.41) is 7.90. The second-order valence-corrected chi connectivity index (χ2v) is 7.51. The number of hydrogen-bond donors (Lipinski definition) is 2. The summed E-state index contributed by atoms with van der Waals surface area (Å²) >= 11 is 1.32. The van der Waals surface area contributed by atoms with Crippen LogP contribution in [0.2, 0.25) is 0 Å². The fourth-order valence-electron chi connectivity index (χ4n) is 3.17. The summed E-state index contributed by atoms with van der Waals surface area (Å²) in [7, 11) is 0. The van der Waals surface area contributed by atoms with E-state index < -0.39 is 5.91 Å². The zero-order valence-corrected chi connectivity index (χ0v) is 15.5. The maximum atomic E-state index is 11.6. The fraction of sp³-hybridized carbons (Fsp3) is 0.333. The Morgan fingerprint density at radius 3 is 2.93 bits per heavy atom. The predicted molar refractivity (Wildman–Crippen MR) is 104 cm³/mol. The lowest BCUT2D eigenvalue weighted by Crippen LogP contribution is -2.27. The number of carbonyl (C=O) groups excluding carboxylic acids is 2. The first-order valence-electron chi connectivity index (χ1n) is 8.88. The molecule has 1 saturated heterocycles. The van der Waals surface area contributed by atoms with Crippen LogP contribution >= 0.6 is 11.3 Å². The summed E-state index contributed by atoms with van der Waals surface area (Å²) in [5.74, 6) is 0.553. The third-order valence-corrected chi connectivity index (χ3v) is 5.67. The second-order valence-electron chi connectivity index (χ2n) is 6.42. The molecule has 4 heterocycles. The van der Waals surface area contributed by atoms with E-state index in [9.17, 15) is 9.59 Å². The number of rotatable bonds is 7. The molecule has 3 aromatic rings. The average molecular weight is 384 g/mol. The molecule has 0 aromatic carbocycles. The molecule has 1 aliphatic rings. The van der Waals surface area contributed by atoms with Crippen LogP contribution in [-0.4, -0.2) is 50.9 Å². The molecule has 1 aliphatic heterocycles. The maximum absolute atomic E-state index is 11.6. The van der Waals surface area contributed by atoms with Crippen LogP contribution in [0.15, 0.2) is 30.5 Å². The normalized spacial score (nSPS) is 14.2. The molecular formula is C18H20N6O2S. The van der Waals surface area contributed by atoms with Gasteiger partial charge in [0.2, 0.25) is 5.91 Å². The lowest BCUT2D eigenvalue weighted by molar-refractivity contribution is -0.127.